The van der Waals surface area contributed by atoms with Crippen LogP contribution in [-0.4, -0.2) is 18.6 Å². The van der Waals surface area contributed by atoms with Gasteiger partial charge in [-0.1, -0.05) is 0 Å². The van der Waals surface area contributed by atoms with Crippen molar-refractivity contribution in [3.05, 3.63) is 0 Å². The summed E-state index contributed by atoms with van der Waals surface area (Å²) in [6.07, 6.45) is 2.07. The van der Waals surface area contributed by atoms with Crippen LogP contribution in [0, 0.1) is 17.2 Å². The van der Waals surface area contributed by atoms with Crippen LogP contribution in [0.15, 0.2) is 0 Å². The predicted molar refractivity (Wildman–Crippen MR) is 38.8 cm³/mol. The Morgan fingerprint density at radius 2 is 2.50 bits per heavy atom. The van der Waals surface area contributed by atoms with Gasteiger partial charge in [0.05, 0.1) is 12.7 Å². The number of hydrogen-bond acceptors (Lipinski definition) is 2. The Hall–Kier alpha value is -0.260. The summed E-state index contributed by atoms with van der Waals surface area (Å²) >= 11 is 5.70. The number of rotatable bonds is 1. The van der Waals surface area contributed by atoms with Gasteiger partial charge in [0.1, 0.15) is 5.38 Å². The molecule has 0 spiro atoms. The molecule has 56 valence electrons. The van der Waals surface area contributed by atoms with E-state index >= 15 is 0 Å². The maximum absolute atomic E-state index is 8.45. The van der Waals surface area contributed by atoms with Crippen LogP contribution in [0.25, 0.3) is 0 Å². The van der Waals surface area contributed by atoms with Gasteiger partial charge in [-0.3, -0.25) is 0 Å². The monoisotopic (exact) mass is 159 g/mol. The molecule has 0 aromatic heterocycles. The van der Waals surface area contributed by atoms with Gasteiger partial charge in [-0.15, -0.1) is 11.6 Å². The molecular weight excluding hydrogens is 150 g/mol. The first-order valence-electron chi connectivity index (χ1n) is 3.46. The number of hydrogen-bond donors (Lipinski definition) is 0. The summed E-state index contributed by atoms with van der Waals surface area (Å²) < 4.78 is 5.17. The standard InChI is InChI=1S/C7H10ClNO/c8-7(4-9)6-2-1-3-10-5-6/h6-7H,1-3,5H2. The Balaban J connectivity index is 2.33. The van der Waals surface area contributed by atoms with Crippen molar-refractivity contribution in [2.24, 2.45) is 5.92 Å². The summed E-state index contributed by atoms with van der Waals surface area (Å²) in [6.45, 7) is 1.48. The molecule has 0 N–H and O–H groups in total. The molecule has 1 fully saturated rings. The average Bonchev–Trinajstić information content (AvgIpc) is 2.05. The van der Waals surface area contributed by atoms with Crippen LogP contribution >= 0.6 is 11.6 Å². The molecule has 1 saturated heterocycles. The lowest BCUT2D eigenvalue weighted by Crippen LogP contribution is -2.24. The van der Waals surface area contributed by atoms with E-state index in [1.807, 2.05) is 6.07 Å². The maximum atomic E-state index is 8.45. The number of ether oxygens (including phenoxy) is 1. The van der Waals surface area contributed by atoms with Crippen molar-refractivity contribution in [3.63, 3.8) is 0 Å². The molecule has 0 radical (unpaired) electrons. The highest BCUT2D eigenvalue weighted by Gasteiger charge is 2.21. The molecule has 0 amide bonds. The second-order valence-corrected chi connectivity index (χ2v) is 2.98. The minimum Gasteiger partial charge on any atom is -0.381 e. The van der Waals surface area contributed by atoms with Crippen LogP contribution in [0.5, 0.6) is 0 Å². The van der Waals surface area contributed by atoms with E-state index in [1.54, 1.807) is 0 Å². The second kappa shape index (κ2) is 3.80. The fraction of sp³-hybridized carbons (Fsp3) is 0.857. The minimum atomic E-state index is -0.361. The molecule has 1 aliphatic rings. The Morgan fingerprint density at radius 3 is 3.00 bits per heavy atom. The zero-order valence-electron chi connectivity index (χ0n) is 5.72. The normalized spacial score (nSPS) is 29.0. The van der Waals surface area contributed by atoms with E-state index in [4.69, 9.17) is 21.6 Å². The van der Waals surface area contributed by atoms with Crippen LogP contribution in [0.4, 0.5) is 0 Å². The van der Waals surface area contributed by atoms with E-state index in [0.29, 0.717) is 6.61 Å². The lowest BCUT2D eigenvalue weighted by molar-refractivity contribution is 0.0577. The highest BCUT2D eigenvalue weighted by Crippen LogP contribution is 2.20. The Morgan fingerprint density at radius 1 is 1.70 bits per heavy atom. The summed E-state index contributed by atoms with van der Waals surface area (Å²) in [7, 11) is 0. The maximum Gasteiger partial charge on any atom is 0.125 e. The molecule has 0 bridgehead atoms. The fourth-order valence-electron chi connectivity index (χ4n) is 1.10. The summed E-state index contributed by atoms with van der Waals surface area (Å²) in [4.78, 5) is 0. The summed E-state index contributed by atoms with van der Waals surface area (Å²) in [5.74, 6) is 0.250. The first kappa shape index (κ1) is 7.84. The molecule has 2 nitrogen and oxygen atoms in total. The zero-order chi connectivity index (χ0) is 7.40. The molecule has 1 rings (SSSR count). The van der Waals surface area contributed by atoms with Gasteiger partial charge in [0.25, 0.3) is 0 Å². The van der Waals surface area contributed by atoms with Gasteiger partial charge < -0.3 is 4.74 Å². The SMILES string of the molecule is N#CC(Cl)C1CCCOC1. The van der Waals surface area contributed by atoms with E-state index in [0.717, 1.165) is 19.4 Å². The van der Waals surface area contributed by atoms with E-state index in [2.05, 4.69) is 0 Å². The fourth-order valence-corrected chi connectivity index (χ4v) is 1.30. The first-order valence-corrected chi connectivity index (χ1v) is 3.89. The van der Waals surface area contributed by atoms with E-state index in [-0.39, 0.29) is 11.3 Å². The van der Waals surface area contributed by atoms with Gasteiger partial charge >= 0.3 is 0 Å². The third kappa shape index (κ3) is 1.86. The van der Waals surface area contributed by atoms with Crippen molar-refractivity contribution < 1.29 is 4.74 Å². The van der Waals surface area contributed by atoms with Crippen LogP contribution in [-0.2, 0) is 4.74 Å². The van der Waals surface area contributed by atoms with Crippen LogP contribution in [0.3, 0.4) is 0 Å². The van der Waals surface area contributed by atoms with Crippen molar-refractivity contribution >= 4 is 11.6 Å². The smallest absolute Gasteiger partial charge is 0.125 e. The summed E-state index contributed by atoms with van der Waals surface area (Å²) in [5, 5.41) is 8.09. The van der Waals surface area contributed by atoms with Crippen LogP contribution in [0.2, 0.25) is 0 Å². The van der Waals surface area contributed by atoms with E-state index < -0.39 is 0 Å². The van der Waals surface area contributed by atoms with Gasteiger partial charge in [-0.2, -0.15) is 5.26 Å². The third-order valence-corrected chi connectivity index (χ3v) is 2.19. The van der Waals surface area contributed by atoms with Crippen LogP contribution in [0.1, 0.15) is 12.8 Å². The zero-order valence-corrected chi connectivity index (χ0v) is 6.47. The molecule has 0 saturated carbocycles. The summed E-state index contributed by atoms with van der Waals surface area (Å²) in [5.41, 5.74) is 0. The number of alkyl halides is 1. The molecule has 0 aromatic carbocycles. The molecule has 0 aromatic rings. The highest BCUT2D eigenvalue weighted by molar-refractivity contribution is 6.22. The molecule has 10 heavy (non-hydrogen) atoms. The van der Waals surface area contributed by atoms with Crippen molar-refractivity contribution in [3.8, 4) is 6.07 Å². The van der Waals surface area contributed by atoms with Gasteiger partial charge in [0.2, 0.25) is 0 Å². The Bertz CT molecular complexity index is 137. The number of nitrogens with zero attached hydrogens (tertiary/aromatic N) is 1. The van der Waals surface area contributed by atoms with Crippen LogP contribution < -0.4 is 0 Å². The molecular formula is C7H10ClNO. The Kier molecular flexibility index (Phi) is 2.98. The van der Waals surface area contributed by atoms with Gasteiger partial charge in [0, 0.05) is 12.5 Å². The number of halogens is 1. The summed E-state index contributed by atoms with van der Waals surface area (Å²) in [6, 6.07) is 2.02. The second-order valence-electron chi connectivity index (χ2n) is 2.51. The lowest BCUT2D eigenvalue weighted by atomic mass is 9.99. The molecule has 1 aliphatic heterocycles. The molecule has 1 heterocycles. The average molecular weight is 160 g/mol. The molecule has 2 unspecified atom stereocenters. The minimum absolute atomic E-state index is 0.250. The topological polar surface area (TPSA) is 33.0 Å². The quantitative estimate of drug-likeness (QED) is 0.544. The lowest BCUT2D eigenvalue weighted by Gasteiger charge is -2.22. The van der Waals surface area contributed by atoms with Gasteiger partial charge in [-0.05, 0) is 12.8 Å². The third-order valence-electron chi connectivity index (χ3n) is 1.73. The molecule has 0 aliphatic carbocycles. The van der Waals surface area contributed by atoms with Gasteiger partial charge in [0.15, 0.2) is 0 Å². The molecule has 3 heteroatoms. The van der Waals surface area contributed by atoms with E-state index in [1.165, 1.54) is 0 Å². The van der Waals surface area contributed by atoms with Crippen molar-refractivity contribution in [1.29, 1.82) is 5.26 Å². The van der Waals surface area contributed by atoms with Crippen molar-refractivity contribution in [2.45, 2.75) is 18.2 Å². The number of nitriles is 1. The largest absolute Gasteiger partial charge is 0.381 e. The molecule has 2 atom stereocenters. The highest BCUT2D eigenvalue weighted by atomic mass is 35.5. The van der Waals surface area contributed by atoms with E-state index in [9.17, 15) is 0 Å². The predicted octanol–water partition coefficient (Wildman–Crippen LogP) is 1.54. The van der Waals surface area contributed by atoms with Crippen molar-refractivity contribution in [1.82, 2.24) is 0 Å². The first-order chi connectivity index (χ1) is 4.84. The Labute approximate surface area is 65.7 Å². The van der Waals surface area contributed by atoms with Gasteiger partial charge in [-0.25, -0.2) is 0 Å². The van der Waals surface area contributed by atoms with Crippen molar-refractivity contribution in [2.75, 3.05) is 13.2 Å².